The van der Waals surface area contributed by atoms with Gasteiger partial charge in [0.25, 0.3) is 0 Å². The molecular formula is C21H17NS. The Morgan fingerprint density at radius 3 is 2.48 bits per heavy atom. The standard InChI is InChI=1S/C21H17NS/c1-15-13-21(22-20-12-5-4-10-18(15)20)23-14-17-9-6-8-16-7-2-3-11-19(16)17/h2-13H,14H2,1H3. The van der Waals surface area contributed by atoms with Gasteiger partial charge in [-0.15, -0.1) is 11.8 Å². The normalized spacial score (nSPS) is 11.2. The number of thioether (sulfide) groups is 1. The van der Waals surface area contributed by atoms with Gasteiger partial charge in [0.15, 0.2) is 0 Å². The van der Waals surface area contributed by atoms with E-state index in [4.69, 9.17) is 4.98 Å². The van der Waals surface area contributed by atoms with Crippen LogP contribution < -0.4 is 0 Å². The third kappa shape index (κ3) is 2.82. The molecule has 4 aromatic rings. The summed E-state index contributed by atoms with van der Waals surface area (Å²) in [6.07, 6.45) is 0. The maximum Gasteiger partial charge on any atom is 0.0973 e. The van der Waals surface area contributed by atoms with Gasteiger partial charge in [-0.3, -0.25) is 0 Å². The predicted octanol–water partition coefficient (Wildman–Crippen LogP) is 5.99. The number of benzene rings is 3. The zero-order valence-corrected chi connectivity index (χ0v) is 13.8. The number of fused-ring (bicyclic) bond motifs is 2. The van der Waals surface area contributed by atoms with Crippen LogP contribution in [0.5, 0.6) is 0 Å². The van der Waals surface area contributed by atoms with E-state index in [1.807, 2.05) is 6.07 Å². The third-order valence-corrected chi connectivity index (χ3v) is 5.12. The molecule has 0 amide bonds. The fourth-order valence-corrected chi connectivity index (χ4v) is 3.94. The Bertz CT molecular complexity index is 986. The highest BCUT2D eigenvalue weighted by Gasteiger charge is 2.05. The second-order valence-electron chi connectivity index (χ2n) is 5.72. The first kappa shape index (κ1) is 14.3. The van der Waals surface area contributed by atoms with Crippen molar-refractivity contribution in [2.75, 3.05) is 0 Å². The Labute approximate surface area is 140 Å². The van der Waals surface area contributed by atoms with Crippen molar-refractivity contribution in [1.29, 1.82) is 0 Å². The second kappa shape index (κ2) is 6.05. The van der Waals surface area contributed by atoms with E-state index in [1.54, 1.807) is 11.8 Å². The molecule has 0 saturated heterocycles. The summed E-state index contributed by atoms with van der Waals surface area (Å²) in [5, 5.41) is 4.96. The van der Waals surface area contributed by atoms with Gasteiger partial charge >= 0.3 is 0 Å². The van der Waals surface area contributed by atoms with Crippen LogP contribution in [0.4, 0.5) is 0 Å². The lowest BCUT2D eigenvalue weighted by molar-refractivity contribution is 1.17. The summed E-state index contributed by atoms with van der Waals surface area (Å²) in [6.45, 7) is 2.16. The number of nitrogens with zero attached hydrogens (tertiary/aromatic N) is 1. The third-order valence-electron chi connectivity index (χ3n) is 4.16. The van der Waals surface area contributed by atoms with Crippen molar-refractivity contribution >= 4 is 33.4 Å². The summed E-state index contributed by atoms with van der Waals surface area (Å²) >= 11 is 1.81. The number of pyridine rings is 1. The fraction of sp³-hybridized carbons (Fsp3) is 0.0952. The van der Waals surface area contributed by atoms with Crippen LogP contribution in [-0.4, -0.2) is 4.98 Å². The molecule has 0 N–H and O–H groups in total. The SMILES string of the molecule is Cc1cc(SCc2cccc3ccccc23)nc2ccccc12. The topological polar surface area (TPSA) is 12.9 Å². The average Bonchev–Trinajstić information content (AvgIpc) is 2.60. The summed E-state index contributed by atoms with van der Waals surface area (Å²) in [4.78, 5) is 4.79. The van der Waals surface area contributed by atoms with E-state index >= 15 is 0 Å². The first-order valence-electron chi connectivity index (χ1n) is 7.77. The molecule has 0 unspecified atom stereocenters. The number of para-hydroxylation sites is 1. The molecule has 0 bridgehead atoms. The van der Waals surface area contributed by atoms with Crippen LogP contribution in [0.25, 0.3) is 21.7 Å². The fourth-order valence-electron chi connectivity index (χ4n) is 2.96. The van der Waals surface area contributed by atoms with Crippen molar-refractivity contribution in [3.8, 4) is 0 Å². The van der Waals surface area contributed by atoms with E-state index < -0.39 is 0 Å². The predicted molar refractivity (Wildman–Crippen MR) is 100.0 cm³/mol. The van der Waals surface area contributed by atoms with Gasteiger partial charge in [0.05, 0.1) is 10.5 Å². The number of hydrogen-bond acceptors (Lipinski definition) is 2. The molecule has 1 heterocycles. The van der Waals surface area contributed by atoms with E-state index in [9.17, 15) is 0 Å². The van der Waals surface area contributed by atoms with Crippen molar-refractivity contribution in [3.05, 3.63) is 83.9 Å². The summed E-state index contributed by atoms with van der Waals surface area (Å²) in [6, 6.07) is 25.6. The summed E-state index contributed by atoms with van der Waals surface area (Å²) < 4.78 is 0. The van der Waals surface area contributed by atoms with Gasteiger partial charge in [0.1, 0.15) is 0 Å². The van der Waals surface area contributed by atoms with E-state index in [0.717, 1.165) is 16.3 Å². The molecule has 1 aromatic heterocycles. The van der Waals surface area contributed by atoms with Gasteiger partial charge in [-0.1, -0.05) is 60.7 Å². The van der Waals surface area contributed by atoms with Crippen molar-refractivity contribution in [2.45, 2.75) is 17.7 Å². The molecule has 23 heavy (non-hydrogen) atoms. The summed E-state index contributed by atoms with van der Waals surface area (Å²) in [5.74, 6) is 0.937. The smallest absolute Gasteiger partial charge is 0.0973 e. The Morgan fingerprint density at radius 1 is 0.826 bits per heavy atom. The Hall–Kier alpha value is -2.32. The molecule has 3 aromatic carbocycles. The first-order chi connectivity index (χ1) is 11.3. The molecule has 0 aliphatic carbocycles. The van der Waals surface area contributed by atoms with E-state index in [-0.39, 0.29) is 0 Å². The number of hydrogen-bond donors (Lipinski definition) is 0. The molecule has 112 valence electrons. The van der Waals surface area contributed by atoms with Crippen LogP contribution in [0, 0.1) is 6.92 Å². The molecule has 0 atom stereocenters. The van der Waals surface area contributed by atoms with Crippen LogP contribution >= 0.6 is 11.8 Å². The Morgan fingerprint density at radius 2 is 1.57 bits per heavy atom. The van der Waals surface area contributed by atoms with Gasteiger partial charge in [-0.25, -0.2) is 4.98 Å². The molecule has 0 radical (unpaired) electrons. The van der Waals surface area contributed by atoms with Crippen LogP contribution in [0.2, 0.25) is 0 Å². The first-order valence-corrected chi connectivity index (χ1v) is 8.76. The number of rotatable bonds is 3. The highest BCUT2D eigenvalue weighted by atomic mass is 32.2. The molecule has 2 heteroatoms. The van der Waals surface area contributed by atoms with Gasteiger partial charge in [-0.05, 0) is 41.0 Å². The molecule has 0 saturated carbocycles. The lowest BCUT2D eigenvalue weighted by Crippen LogP contribution is -1.88. The van der Waals surface area contributed by atoms with Crippen molar-refractivity contribution in [1.82, 2.24) is 4.98 Å². The lowest BCUT2D eigenvalue weighted by Gasteiger charge is -2.08. The van der Waals surface area contributed by atoms with E-state index in [2.05, 4.69) is 73.7 Å². The maximum absolute atomic E-state index is 4.79. The van der Waals surface area contributed by atoms with E-state index in [0.29, 0.717) is 0 Å². The quantitative estimate of drug-likeness (QED) is 0.431. The van der Waals surface area contributed by atoms with E-state index in [1.165, 1.54) is 27.3 Å². The van der Waals surface area contributed by atoms with Crippen molar-refractivity contribution < 1.29 is 0 Å². The number of aromatic nitrogens is 1. The zero-order chi connectivity index (χ0) is 15.6. The molecular weight excluding hydrogens is 298 g/mol. The zero-order valence-electron chi connectivity index (χ0n) is 13.0. The second-order valence-corrected chi connectivity index (χ2v) is 6.72. The van der Waals surface area contributed by atoms with Crippen LogP contribution in [-0.2, 0) is 5.75 Å². The van der Waals surface area contributed by atoms with Crippen LogP contribution in [0.3, 0.4) is 0 Å². The van der Waals surface area contributed by atoms with Gasteiger partial charge < -0.3 is 0 Å². The average molecular weight is 315 g/mol. The maximum atomic E-state index is 4.79. The van der Waals surface area contributed by atoms with Crippen molar-refractivity contribution in [2.24, 2.45) is 0 Å². The number of aryl methyl sites for hydroxylation is 1. The van der Waals surface area contributed by atoms with Gasteiger partial charge in [-0.2, -0.15) is 0 Å². The Balaban J connectivity index is 1.66. The molecule has 0 spiro atoms. The molecule has 0 aliphatic heterocycles. The molecule has 1 nitrogen and oxygen atoms in total. The summed E-state index contributed by atoms with van der Waals surface area (Å²) in [7, 11) is 0. The molecule has 4 rings (SSSR count). The molecule has 0 fully saturated rings. The highest BCUT2D eigenvalue weighted by molar-refractivity contribution is 7.98. The minimum Gasteiger partial charge on any atom is -0.241 e. The lowest BCUT2D eigenvalue weighted by atomic mass is 10.1. The van der Waals surface area contributed by atoms with Gasteiger partial charge in [0, 0.05) is 11.1 Å². The largest absolute Gasteiger partial charge is 0.241 e. The minimum atomic E-state index is 0.937. The minimum absolute atomic E-state index is 0.937. The summed E-state index contributed by atoms with van der Waals surface area (Å²) in [5.41, 5.74) is 3.73. The monoisotopic (exact) mass is 315 g/mol. The van der Waals surface area contributed by atoms with Gasteiger partial charge in [0.2, 0.25) is 0 Å². The van der Waals surface area contributed by atoms with Crippen molar-refractivity contribution in [3.63, 3.8) is 0 Å². The molecule has 0 aliphatic rings. The van der Waals surface area contributed by atoms with Crippen LogP contribution in [0.15, 0.2) is 77.8 Å². The van der Waals surface area contributed by atoms with Crippen LogP contribution in [0.1, 0.15) is 11.1 Å². The highest BCUT2D eigenvalue weighted by Crippen LogP contribution is 2.28. The Kier molecular flexibility index (Phi) is 3.76.